The lowest BCUT2D eigenvalue weighted by molar-refractivity contribution is -0.122. The largest absolute Gasteiger partial charge is 0.352 e. The summed E-state index contributed by atoms with van der Waals surface area (Å²) in [5.41, 5.74) is 0. The van der Waals surface area contributed by atoms with Crippen molar-refractivity contribution in [2.75, 3.05) is 0 Å². The molecule has 1 saturated carbocycles. The lowest BCUT2D eigenvalue weighted by atomic mass is 9.83. The standard InChI is InChI=1S/C14H27NOS/c1-4-5-11-6-8-12(9-7-11)15-14(16)13(17)10(2)3/h10-13,17H,4-9H2,1-3H3,(H,15,16). The second-order valence-corrected chi connectivity index (χ2v) is 6.26. The van der Waals surface area contributed by atoms with E-state index in [2.05, 4.69) is 24.9 Å². The van der Waals surface area contributed by atoms with Gasteiger partial charge in [-0.3, -0.25) is 4.79 Å². The van der Waals surface area contributed by atoms with Crippen LogP contribution in [-0.4, -0.2) is 17.2 Å². The molecule has 0 bridgehead atoms. The molecule has 1 aliphatic carbocycles. The van der Waals surface area contributed by atoms with Gasteiger partial charge in [-0.1, -0.05) is 33.6 Å². The molecule has 0 heterocycles. The highest BCUT2D eigenvalue weighted by molar-refractivity contribution is 7.81. The summed E-state index contributed by atoms with van der Waals surface area (Å²) in [6.45, 7) is 6.33. The molecule has 0 spiro atoms. The molecule has 0 radical (unpaired) electrons. The van der Waals surface area contributed by atoms with Crippen LogP contribution in [0.4, 0.5) is 0 Å². The van der Waals surface area contributed by atoms with Crippen LogP contribution in [0, 0.1) is 11.8 Å². The normalized spacial score (nSPS) is 26.9. The van der Waals surface area contributed by atoms with Gasteiger partial charge in [-0.05, 0) is 37.5 Å². The van der Waals surface area contributed by atoms with Gasteiger partial charge in [0.15, 0.2) is 0 Å². The highest BCUT2D eigenvalue weighted by Crippen LogP contribution is 2.27. The molecule has 1 N–H and O–H groups in total. The molecule has 0 aromatic rings. The van der Waals surface area contributed by atoms with Crippen molar-refractivity contribution in [2.45, 2.75) is 70.6 Å². The molecule has 2 nitrogen and oxygen atoms in total. The molecular formula is C14H27NOS. The zero-order chi connectivity index (χ0) is 12.8. The second-order valence-electron chi connectivity index (χ2n) is 5.70. The Morgan fingerprint density at radius 2 is 1.88 bits per heavy atom. The lowest BCUT2D eigenvalue weighted by Crippen LogP contribution is -2.42. The Labute approximate surface area is 111 Å². The molecular weight excluding hydrogens is 230 g/mol. The van der Waals surface area contributed by atoms with E-state index < -0.39 is 0 Å². The van der Waals surface area contributed by atoms with Crippen molar-refractivity contribution in [3.05, 3.63) is 0 Å². The zero-order valence-corrected chi connectivity index (χ0v) is 12.3. The Balaban J connectivity index is 2.28. The first kappa shape index (κ1) is 14.9. The van der Waals surface area contributed by atoms with Gasteiger partial charge in [0.2, 0.25) is 5.91 Å². The predicted molar refractivity (Wildman–Crippen MR) is 76.4 cm³/mol. The summed E-state index contributed by atoms with van der Waals surface area (Å²) in [6, 6.07) is 0.393. The molecule has 1 unspecified atom stereocenters. The first-order valence-electron chi connectivity index (χ1n) is 7.03. The maximum atomic E-state index is 11.9. The average Bonchev–Trinajstić information content (AvgIpc) is 2.30. The van der Waals surface area contributed by atoms with Crippen molar-refractivity contribution in [2.24, 2.45) is 11.8 Å². The summed E-state index contributed by atoms with van der Waals surface area (Å²) in [4.78, 5) is 11.9. The molecule has 1 amide bonds. The number of amides is 1. The van der Waals surface area contributed by atoms with Crippen LogP contribution in [0.15, 0.2) is 0 Å². The molecule has 0 aromatic carbocycles. The highest BCUT2D eigenvalue weighted by atomic mass is 32.1. The Morgan fingerprint density at radius 1 is 1.29 bits per heavy atom. The molecule has 0 aromatic heterocycles. The van der Waals surface area contributed by atoms with Crippen LogP contribution >= 0.6 is 12.6 Å². The minimum absolute atomic E-state index is 0.113. The van der Waals surface area contributed by atoms with Gasteiger partial charge in [0.1, 0.15) is 0 Å². The Kier molecular flexibility index (Phi) is 6.39. The van der Waals surface area contributed by atoms with Crippen LogP contribution in [0.25, 0.3) is 0 Å². The third kappa shape index (κ3) is 4.90. The predicted octanol–water partition coefficient (Wildman–Crippen LogP) is 3.42. The van der Waals surface area contributed by atoms with E-state index >= 15 is 0 Å². The van der Waals surface area contributed by atoms with Crippen molar-refractivity contribution in [1.82, 2.24) is 5.32 Å². The summed E-state index contributed by atoms with van der Waals surface area (Å²) in [6.07, 6.45) is 7.48. The Morgan fingerprint density at radius 3 is 2.35 bits per heavy atom. The van der Waals surface area contributed by atoms with Crippen LogP contribution in [0.1, 0.15) is 59.3 Å². The fourth-order valence-electron chi connectivity index (χ4n) is 2.59. The zero-order valence-electron chi connectivity index (χ0n) is 11.4. The molecule has 100 valence electrons. The molecule has 0 saturated heterocycles. The number of nitrogens with one attached hydrogen (secondary N) is 1. The third-order valence-electron chi connectivity index (χ3n) is 3.79. The van der Waals surface area contributed by atoms with Crippen molar-refractivity contribution in [3.8, 4) is 0 Å². The molecule has 0 aliphatic heterocycles. The van der Waals surface area contributed by atoms with Crippen LogP contribution in [0.5, 0.6) is 0 Å². The maximum absolute atomic E-state index is 11.9. The Bertz CT molecular complexity index is 234. The van der Waals surface area contributed by atoms with E-state index in [0.717, 1.165) is 18.8 Å². The number of carbonyl (C=O) groups is 1. The molecule has 1 rings (SSSR count). The van der Waals surface area contributed by atoms with Crippen molar-refractivity contribution >= 4 is 18.5 Å². The minimum atomic E-state index is -0.164. The lowest BCUT2D eigenvalue weighted by Gasteiger charge is -2.30. The van der Waals surface area contributed by atoms with E-state index in [9.17, 15) is 4.79 Å². The summed E-state index contributed by atoms with van der Waals surface area (Å²) >= 11 is 4.36. The van der Waals surface area contributed by atoms with Gasteiger partial charge in [-0.25, -0.2) is 0 Å². The van der Waals surface area contributed by atoms with Gasteiger partial charge >= 0.3 is 0 Å². The molecule has 3 heteroatoms. The fourth-order valence-corrected chi connectivity index (χ4v) is 2.67. The van der Waals surface area contributed by atoms with Crippen LogP contribution < -0.4 is 5.32 Å². The molecule has 1 atom stereocenters. The van der Waals surface area contributed by atoms with E-state index in [1.807, 2.05) is 13.8 Å². The van der Waals surface area contributed by atoms with E-state index in [4.69, 9.17) is 0 Å². The number of hydrogen-bond acceptors (Lipinski definition) is 2. The quantitative estimate of drug-likeness (QED) is 0.726. The summed E-state index contributed by atoms with van der Waals surface area (Å²) in [7, 11) is 0. The second kappa shape index (κ2) is 7.30. The third-order valence-corrected chi connectivity index (χ3v) is 4.62. The van der Waals surface area contributed by atoms with E-state index in [0.29, 0.717) is 12.0 Å². The number of thiol groups is 1. The maximum Gasteiger partial charge on any atom is 0.233 e. The van der Waals surface area contributed by atoms with Gasteiger partial charge in [-0.15, -0.1) is 0 Å². The molecule has 1 fully saturated rings. The van der Waals surface area contributed by atoms with Crippen molar-refractivity contribution in [1.29, 1.82) is 0 Å². The van der Waals surface area contributed by atoms with Gasteiger partial charge < -0.3 is 5.32 Å². The monoisotopic (exact) mass is 257 g/mol. The van der Waals surface area contributed by atoms with Crippen LogP contribution in [0.3, 0.4) is 0 Å². The summed E-state index contributed by atoms with van der Waals surface area (Å²) in [5, 5.41) is 2.98. The van der Waals surface area contributed by atoms with Crippen molar-refractivity contribution in [3.63, 3.8) is 0 Å². The first-order valence-corrected chi connectivity index (χ1v) is 7.54. The molecule has 17 heavy (non-hydrogen) atoms. The smallest absolute Gasteiger partial charge is 0.233 e. The highest BCUT2D eigenvalue weighted by Gasteiger charge is 2.24. The van der Waals surface area contributed by atoms with Crippen molar-refractivity contribution < 1.29 is 4.79 Å². The number of carbonyl (C=O) groups excluding carboxylic acids is 1. The first-order chi connectivity index (χ1) is 8.04. The summed E-state index contributed by atoms with van der Waals surface area (Å²) in [5.74, 6) is 1.31. The van der Waals surface area contributed by atoms with E-state index in [-0.39, 0.29) is 11.2 Å². The SMILES string of the molecule is CCCC1CCC(NC(=O)C(S)C(C)C)CC1. The van der Waals surface area contributed by atoms with Gasteiger partial charge in [0.25, 0.3) is 0 Å². The van der Waals surface area contributed by atoms with Gasteiger partial charge in [-0.2, -0.15) is 12.6 Å². The Hall–Kier alpha value is -0.180. The fraction of sp³-hybridized carbons (Fsp3) is 0.929. The average molecular weight is 257 g/mol. The number of hydrogen-bond donors (Lipinski definition) is 2. The topological polar surface area (TPSA) is 29.1 Å². The van der Waals surface area contributed by atoms with E-state index in [1.165, 1.54) is 25.7 Å². The molecule has 1 aliphatic rings. The minimum Gasteiger partial charge on any atom is -0.352 e. The van der Waals surface area contributed by atoms with E-state index in [1.54, 1.807) is 0 Å². The van der Waals surface area contributed by atoms with Gasteiger partial charge in [0.05, 0.1) is 5.25 Å². The van der Waals surface area contributed by atoms with Crippen LogP contribution in [-0.2, 0) is 4.79 Å². The summed E-state index contributed by atoms with van der Waals surface area (Å²) < 4.78 is 0. The van der Waals surface area contributed by atoms with Gasteiger partial charge in [0, 0.05) is 6.04 Å². The number of rotatable bonds is 5. The van der Waals surface area contributed by atoms with Crippen LogP contribution in [0.2, 0.25) is 0 Å².